The highest BCUT2D eigenvalue weighted by Crippen LogP contribution is 2.39. The van der Waals surface area contributed by atoms with Gasteiger partial charge in [0, 0.05) is 18.1 Å². The smallest absolute Gasteiger partial charge is 0.208 e. The van der Waals surface area contributed by atoms with E-state index in [1.165, 1.54) is 13.2 Å². The molecule has 1 aromatic rings. The predicted octanol–water partition coefficient (Wildman–Crippen LogP) is 2.40. The van der Waals surface area contributed by atoms with Crippen LogP contribution in [0.1, 0.15) is 18.4 Å². The Kier molecular flexibility index (Phi) is 3.93. The third-order valence-electron chi connectivity index (χ3n) is 2.19. The molecule has 84 valence electrons. The highest BCUT2D eigenvalue weighted by molar-refractivity contribution is 9.10. The third-order valence-corrected chi connectivity index (χ3v) is 2.79. The molecule has 0 fully saturated rings. The van der Waals surface area contributed by atoms with E-state index in [0.717, 1.165) is 0 Å². The largest absolute Gasteiger partial charge is 0.504 e. The number of rotatable bonds is 3. The van der Waals surface area contributed by atoms with Crippen molar-refractivity contribution < 1.29 is 19.3 Å². The van der Waals surface area contributed by atoms with Gasteiger partial charge in [-0.25, -0.2) is 0 Å². The lowest BCUT2D eigenvalue weighted by molar-refractivity contribution is 0.267. The van der Waals surface area contributed by atoms with Crippen molar-refractivity contribution >= 4 is 15.9 Å². The number of benzene rings is 1. The van der Waals surface area contributed by atoms with Crippen LogP contribution in [0.2, 0.25) is 0 Å². The van der Waals surface area contributed by atoms with Gasteiger partial charge in [-0.05, 0) is 22.0 Å². The van der Waals surface area contributed by atoms with Crippen LogP contribution in [0.4, 0.5) is 4.39 Å². The van der Waals surface area contributed by atoms with Gasteiger partial charge in [0.25, 0.3) is 0 Å². The van der Waals surface area contributed by atoms with Crippen molar-refractivity contribution in [1.82, 2.24) is 0 Å². The summed E-state index contributed by atoms with van der Waals surface area (Å²) in [4.78, 5) is 0. The monoisotopic (exact) mass is 278 g/mol. The molecule has 0 radical (unpaired) electrons. The second-order valence-corrected chi connectivity index (χ2v) is 4.08. The van der Waals surface area contributed by atoms with Gasteiger partial charge in [0.15, 0.2) is 11.5 Å². The highest BCUT2D eigenvalue weighted by Gasteiger charge is 2.20. The molecule has 3 nitrogen and oxygen atoms in total. The van der Waals surface area contributed by atoms with E-state index in [0.29, 0.717) is 5.56 Å². The molecule has 0 aliphatic carbocycles. The number of ether oxygens (including phenoxy) is 1. The molecule has 1 aromatic carbocycles. The van der Waals surface area contributed by atoms with Gasteiger partial charge in [-0.3, -0.25) is 0 Å². The van der Waals surface area contributed by atoms with Gasteiger partial charge in [0.1, 0.15) is 0 Å². The molecule has 0 aromatic heterocycles. The van der Waals surface area contributed by atoms with Crippen LogP contribution in [-0.4, -0.2) is 23.9 Å². The Hall–Kier alpha value is -0.810. The molecule has 1 atom stereocenters. The molecular weight excluding hydrogens is 267 g/mol. The fourth-order valence-corrected chi connectivity index (χ4v) is 1.70. The second-order valence-electron chi connectivity index (χ2n) is 3.23. The van der Waals surface area contributed by atoms with Crippen LogP contribution in [0.15, 0.2) is 10.5 Å². The first-order chi connectivity index (χ1) is 7.02. The molecule has 1 unspecified atom stereocenters. The van der Waals surface area contributed by atoms with Crippen molar-refractivity contribution in [3.63, 3.8) is 0 Å². The van der Waals surface area contributed by atoms with Crippen molar-refractivity contribution in [3.8, 4) is 11.5 Å². The maximum absolute atomic E-state index is 13.5. The van der Waals surface area contributed by atoms with Gasteiger partial charge < -0.3 is 14.9 Å². The average Bonchev–Trinajstić information content (AvgIpc) is 2.24. The summed E-state index contributed by atoms with van der Waals surface area (Å²) in [6.07, 6.45) is 0. The molecule has 2 N–H and O–H groups in total. The van der Waals surface area contributed by atoms with Crippen LogP contribution in [0.3, 0.4) is 0 Å². The predicted molar refractivity (Wildman–Crippen MR) is 57.8 cm³/mol. The molecule has 0 amide bonds. The Morgan fingerprint density at radius 3 is 2.67 bits per heavy atom. The van der Waals surface area contributed by atoms with Crippen LogP contribution in [0.25, 0.3) is 0 Å². The number of aliphatic hydroxyl groups is 1. The Morgan fingerprint density at radius 1 is 1.60 bits per heavy atom. The Labute approximate surface area is 95.6 Å². The molecule has 0 bridgehead atoms. The van der Waals surface area contributed by atoms with Gasteiger partial charge >= 0.3 is 0 Å². The first kappa shape index (κ1) is 12.3. The topological polar surface area (TPSA) is 49.7 Å². The van der Waals surface area contributed by atoms with E-state index in [-0.39, 0.29) is 22.7 Å². The molecule has 5 heteroatoms. The van der Waals surface area contributed by atoms with Gasteiger partial charge in [-0.1, -0.05) is 6.92 Å². The Balaban J connectivity index is 3.38. The molecule has 0 saturated heterocycles. The van der Waals surface area contributed by atoms with Crippen LogP contribution in [-0.2, 0) is 0 Å². The summed E-state index contributed by atoms with van der Waals surface area (Å²) < 4.78 is 18.6. The standard InChI is InChI=1S/C10H12BrFO3/c1-5(4-13)6-3-7(11)9(14)8(12)10(6)15-2/h3,5,13-14H,4H2,1-2H3. The fourth-order valence-electron chi connectivity index (χ4n) is 1.28. The summed E-state index contributed by atoms with van der Waals surface area (Å²) in [5.41, 5.74) is 0.516. The van der Waals surface area contributed by atoms with Gasteiger partial charge in [0.05, 0.1) is 11.6 Å². The molecule has 0 aliphatic rings. The summed E-state index contributed by atoms with van der Waals surface area (Å²) >= 11 is 3.03. The molecule has 0 saturated carbocycles. The lowest BCUT2D eigenvalue weighted by atomic mass is 10.0. The summed E-state index contributed by atoms with van der Waals surface area (Å²) in [7, 11) is 1.32. The summed E-state index contributed by atoms with van der Waals surface area (Å²) in [6.45, 7) is 1.62. The van der Waals surface area contributed by atoms with Crippen LogP contribution in [0, 0.1) is 5.82 Å². The molecular formula is C10H12BrFO3. The average molecular weight is 279 g/mol. The first-order valence-corrected chi connectivity index (χ1v) is 5.17. The lowest BCUT2D eigenvalue weighted by Crippen LogP contribution is -2.04. The number of methoxy groups -OCH3 is 1. The van der Waals surface area contributed by atoms with Gasteiger partial charge in [-0.15, -0.1) is 0 Å². The first-order valence-electron chi connectivity index (χ1n) is 4.38. The molecule has 0 spiro atoms. The van der Waals surface area contributed by atoms with Crippen LogP contribution >= 0.6 is 15.9 Å². The number of phenols is 1. The zero-order chi connectivity index (χ0) is 11.6. The van der Waals surface area contributed by atoms with Crippen LogP contribution in [0.5, 0.6) is 11.5 Å². The lowest BCUT2D eigenvalue weighted by Gasteiger charge is -2.15. The number of hydrogen-bond donors (Lipinski definition) is 2. The van der Waals surface area contributed by atoms with E-state index >= 15 is 0 Å². The van der Waals surface area contributed by atoms with E-state index < -0.39 is 11.6 Å². The number of aliphatic hydroxyl groups excluding tert-OH is 1. The number of halogens is 2. The van der Waals surface area contributed by atoms with Crippen molar-refractivity contribution in [2.24, 2.45) is 0 Å². The molecule has 15 heavy (non-hydrogen) atoms. The Bertz CT molecular complexity index is 368. The van der Waals surface area contributed by atoms with Crippen molar-refractivity contribution in [2.45, 2.75) is 12.8 Å². The molecule has 1 rings (SSSR count). The SMILES string of the molecule is COc1c(C(C)CO)cc(Br)c(O)c1F. The quantitative estimate of drug-likeness (QED) is 0.893. The van der Waals surface area contributed by atoms with Gasteiger partial charge in [-0.2, -0.15) is 4.39 Å². The minimum atomic E-state index is -0.817. The molecule has 0 aliphatic heterocycles. The van der Waals surface area contributed by atoms with Crippen molar-refractivity contribution in [3.05, 3.63) is 21.9 Å². The Morgan fingerprint density at radius 2 is 2.20 bits per heavy atom. The minimum Gasteiger partial charge on any atom is -0.504 e. The van der Waals surface area contributed by atoms with Crippen molar-refractivity contribution in [1.29, 1.82) is 0 Å². The van der Waals surface area contributed by atoms with E-state index in [2.05, 4.69) is 15.9 Å². The van der Waals surface area contributed by atoms with Gasteiger partial charge in [0.2, 0.25) is 5.82 Å². The number of hydrogen-bond acceptors (Lipinski definition) is 3. The van der Waals surface area contributed by atoms with E-state index in [1.54, 1.807) is 6.92 Å². The maximum atomic E-state index is 13.5. The van der Waals surface area contributed by atoms with Crippen LogP contribution < -0.4 is 4.74 Å². The molecule has 0 heterocycles. The van der Waals surface area contributed by atoms with E-state index in [4.69, 9.17) is 9.84 Å². The van der Waals surface area contributed by atoms with Crippen molar-refractivity contribution in [2.75, 3.05) is 13.7 Å². The summed E-state index contributed by atoms with van der Waals surface area (Å²) in [5.74, 6) is -1.59. The zero-order valence-electron chi connectivity index (χ0n) is 8.42. The van der Waals surface area contributed by atoms with E-state index in [1.807, 2.05) is 0 Å². The summed E-state index contributed by atoms with van der Waals surface area (Å²) in [5, 5.41) is 18.3. The number of aromatic hydroxyl groups is 1. The minimum absolute atomic E-state index is 0.0303. The summed E-state index contributed by atoms with van der Waals surface area (Å²) in [6, 6.07) is 1.54. The fraction of sp³-hybridized carbons (Fsp3) is 0.400. The highest BCUT2D eigenvalue weighted by atomic mass is 79.9. The maximum Gasteiger partial charge on any atom is 0.208 e. The normalized spacial score (nSPS) is 12.6. The number of phenolic OH excluding ortho intramolecular Hbond substituents is 1. The third kappa shape index (κ3) is 2.23. The zero-order valence-corrected chi connectivity index (χ0v) is 10.0. The second kappa shape index (κ2) is 4.81. The van der Waals surface area contributed by atoms with E-state index in [9.17, 15) is 9.50 Å².